The van der Waals surface area contributed by atoms with Gasteiger partial charge in [-0.25, -0.2) is 0 Å². The van der Waals surface area contributed by atoms with Crippen molar-refractivity contribution in [3.63, 3.8) is 0 Å². The minimum atomic E-state index is -2.90. The fourth-order valence-corrected chi connectivity index (χ4v) is 2.06. The van der Waals surface area contributed by atoms with Crippen molar-refractivity contribution in [3.05, 3.63) is 30.3 Å². The zero-order valence-electron chi connectivity index (χ0n) is 9.26. The van der Waals surface area contributed by atoms with Crippen molar-refractivity contribution in [3.8, 4) is 0 Å². The fourth-order valence-electron chi connectivity index (χ4n) is 0.980. The Morgan fingerprint density at radius 3 is 2.07 bits per heavy atom. The van der Waals surface area contributed by atoms with Gasteiger partial charge in [0.1, 0.15) is 0 Å². The number of hydrogen-bond acceptors (Lipinski definition) is 1. The van der Waals surface area contributed by atoms with E-state index in [4.69, 9.17) is 0 Å². The van der Waals surface area contributed by atoms with E-state index in [0.717, 1.165) is 5.69 Å². The highest BCUT2D eigenvalue weighted by molar-refractivity contribution is 6.77. The molecule has 78 valence electrons. The van der Waals surface area contributed by atoms with E-state index in [9.17, 15) is 4.11 Å². The maximum Gasteiger partial charge on any atom is 0.348 e. The molecule has 1 N–H and O–H groups in total. The molecule has 0 aromatic heterocycles. The molecule has 0 radical (unpaired) electrons. The summed E-state index contributed by atoms with van der Waals surface area (Å²) >= 11 is 0. The Bertz CT molecular complexity index is 290. The van der Waals surface area contributed by atoms with Crippen molar-refractivity contribution in [2.24, 2.45) is 0 Å². The van der Waals surface area contributed by atoms with E-state index in [1.54, 1.807) is 6.55 Å². The van der Waals surface area contributed by atoms with Gasteiger partial charge < -0.3 is 4.98 Å². The highest BCUT2D eigenvalue weighted by atomic mass is 28.4. The zero-order chi connectivity index (χ0) is 10.8. The molecule has 1 aromatic carbocycles. The topological polar surface area (TPSA) is 12.0 Å². The number of anilines is 1. The molecule has 0 fully saturated rings. The normalized spacial score (nSPS) is 16.1. The molecule has 0 amide bonds. The van der Waals surface area contributed by atoms with E-state index in [1.807, 2.05) is 51.1 Å². The molecule has 0 aliphatic carbocycles. The molecule has 1 nitrogen and oxygen atoms in total. The van der Waals surface area contributed by atoms with Crippen molar-refractivity contribution in [1.29, 1.82) is 0 Å². The Kier molecular flexibility index (Phi) is 3.00. The molecule has 0 saturated carbocycles. The summed E-state index contributed by atoms with van der Waals surface area (Å²) in [5, 5.41) is -0.289. The molecule has 0 aliphatic rings. The average Bonchev–Trinajstić information content (AvgIpc) is 2.03. The van der Waals surface area contributed by atoms with Crippen molar-refractivity contribution >= 4 is 14.3 Å². The van der Waals surface area contributed by atoms with E-state index in [0.29, 0.717) is 0 Å². The molecular formula is C11H18FNSi. The third-order valence-electron chi connectivity index (χ3n) is 2.56. The van der Waals surface area contributed by atoms with Gasteiger partial charge in [0.05, 0.1) is 0 Å². The number of nitrogens with one attached hydrogen (secondary N) is 1. The van der Waals surface area contributed by atoms with E-state index in [1.165, 1.54) is 0 Å². The van der Waals surface area contributed by atoms with Crippen LogP contribution < -0.4 is 4.98 Å². The summed E-state index contributed by atoms with van der Waals surface area (Å²) in [5.41, 5.74) is 0.874. The summed E-state index contributed by atoms with van der Waals surface area (Å²) in [6.07, 6.45) is 0. The molecule has 0 saturated heterocycles. The largest absolute Gasteiger partial charge is 0.386 e. The molecule has 1 atom stereocenters. The SMILES string of the molecule is CC(C)(C)[Si](C)(F)Nc1ccccc1. The van der Waals surface area contributed by atoms with Crippen LogP contribution in [0.2, 0.25) is 11.6 Å². The third-order valence-corrected chi connectivity index (χ3v) is 6.14. The minimum absolute atomic E-state index is 0.289. The van der Waals surface area contributed by atoms with E-state index in [-0.39, 0.29) is 5.04 Å². The molecule has 0 heterocycles. The first-order chi connectivity index (χ1) is 6.33. The summed E-state index contributed by atoms with van der Waals surface area (Å²) < 4.78 is 14.3. The lowest BCUT2D eigenvalue weighted by Crippen LogP contribution is -2.44. The van der Waals surface area contributed by atoms with Crippen LogP contribution in [0.3, 0.4) is 0 Å². The average molecular weight is 211 g/mol. The lowest BCUT2D eigenvalue weighted by Gasteiger charge is -2.32. The number of rotatable bonds is 2. The maximum atomic E-state index is 14.3. The van der Waals surface area contributed by atoms with Crippen LogP contribution in [0.4, 0.5) is 9.80 Å². The number of para-hydroxylation sites is 1. The van der Waals surface area contributed by atoms with Crippen molar-refractivity contribution in [2.75, 3.05) is 4.98 Å². The predicted octanol–water partition coefficient (Wildman–Crippen LogP) is 3.94. The molecular weight excluding hydrogens is 193 g/mol. The van der Waals surface area contributed by atoms with Gasteiger partial charge in [-0.15, -0.1) is 0 Å². The van der Waals surface area contributed by atoms with Crippen LogP contribution in [0, 0.1) is 0 Å². The molecule has 0 spiro atoms. The Hall–Kier alpha value is -0.833. The summed E-state index contributed by atoms with van der Waals surface area (Å²) in [6.45, 7) is 7.53. The zero-order valence-corrected chi connectivity index (χ0v) is 10.3. The lowest BCUT2D eigenvalue weighted by molar-refractivity contribution is 0.623. The highest BCUT2D eigenvalue weighted by Crippen LogP contribution is 2.37. The molecule has 1 aromatic rings. The first kappa shape index (κ1) is 11.2. The number of halogens is 1. The Morgan fingerprint density at radius 2 is 1.64 bits per heavy atom. The summed E-state index contributed by atoms with van der Waals surface area (Å²) in [6, 6.07) is 9.55. The van der Waals surface area contributed by atoms with Gasteiger partial charge in [0.25, 0.3) is 0 Å². The fraction of sp³-hybridized carbons (Fsp3) is 0.455. The second-order valence-corrected chi connectivity index (χ2v) is 8.50. The Balaban J connectivity index is 2.79. The molecule has 0 bridgehead atoms. The monoisotopic (exact) mass is 211 g/mol. The van der Waals surface area contributed by atoms with Crippen LogP contribution in [0.1, 0.15) is 20.8 Å². The van der Waals surface area contributed by atoms with Gasteiger partial charge in [0, 0.05) is 10.7 Å². The van der Waals surface area contributed by atoms with Gasteiger partial charge in [0.15, 0.2) is 0 Å². The predicted molar refractivity (Wildman–Crippen MR) is 62.5 cm³/mol. The number of hydrogen-bond donors (Lipinski definition) is 1. The molecule has 14 heavy (non-hydrogen) atoms. The van der Waals surface area contributed by atoms with Gasteiger partial charge in [0.2, 0.25) is 0 Å². The highest BCUT2D eigenvalue weighted by Gasteiger charge is 2.42. The summed E-state index contributed by atoms with van der Waals surface area (Å²) in [5.74, 6) is 0. The van der Waals surface area contributed by atoms with Gasteiger partial charge in [-0.3, -0.25) is 4.11 Å². The van der Waals surface area contributed by atoms with Crippen LogP contribution in [-0.4, -0.2) is 8.57 Å². The van der Waals surface area contributed by atoms with E-state index in [2.05, 4.69) is 4.98 Å². The minimum Gasteiger partial charge on any atom is -0.386 e. The van der Waals surface area contributed by atoms with Crippen molar-refractivity contribution in [1.82, 2.24) is 0 Å². The van der Waals surface area contributed by atoms with Crippen molar-refractivity contribution < 1.29 is 4.11 Å². The van der Waals surface area contributed by atoms with Crippen LogP contribution in [-0.2, 0) is 0 Å². The molecule has 0 aliphatic heterocycles. The Labute approximate surface area is 86.6 Å². The summed E-state index contributed by atoms with van der Waals surface area (Å²) in [7, 11) is -2.90. The van der Waals surface area contributed by atoms with Gasteiger partial charge >= 0.3 is 8.57 Å². The molecule has 3 heteroatoms. The first-order valence-electron chi connectivity index (χ1n) is 4.85. The smallest absolute Gasteiger partial charge is 0.348 e. The van der Waals surface area contributed by atoms with E-state index >= 15 is 0 Å². The standard InChI is InChI=1S/C11H18FNSi/c1-11(2,3)14(4,12)13-10-8-6-5-7-9-10/h5-9,13H,1-4H3. The second kappa shape index (κ2) is 3.73. The molecule has 1 unspecified atom stereocenters. The van der Waals surface area contributed by atoms with Crippen LogP contribution >= 0.6 is 0 Å². The third kappa shape index (κ3) is 2.58. The van der Waals surface area contributed by atoms with Crippen LogP contribution in [0.25, 0.3) is 0 Å². The van der Waals surface area contributed by atoms with Crippen LogP contribution in [0.5, 0.6) is 0 Å². The lowest BCUT2D eigenvalue weighted by atomic mass is 10.2. The van der Waals surface area contributed by atoms with Gasteiger partial charge in [-0.2, -0.15) is 0 Å². The van der Waals surface area contributed by atoms with Crippen molar-refractivity contribution in [2.45, 2.75) is 32.4 Å². The van der Waals surface area contributed by atoms with E-state index < -0.39 is 8.57 Å². The van der Waals surface area contributed by atoms with Gasteiger partial charge in [-0.05, 0) is 18.7 Å². The van der Waals surface area contributed by atoms with Gasteiger partial charge in [-0.1, -0.05) is 39.0 Å². The first-order valence-corrected chi connectivity index (χ1v) is 7.23. The second-order valence-electron chi connectivity index (χ2n) is 4.74. The summed E-state index contributed by atoms with van der Waals surface area (Å²) in [4.78, 5) is 3.03. The quantitative estimate of drug-likeness (QED) is 0.577. The Morgan fingerprint density at radius 1 is 1.14 bits per heavy atom. The maximum absolute atomic E-state index is 14.3. The molecule has 1 rings (SSSR count). The van der Waals surface area contributed by atoms with Crippen LogP contribution in [0.15, 0.2) is 30.3 Å². The number of benzene rings is 1.